The molecule has 2 aromatic carbocycles. The SMILES string of the molecule is CC(Cc1ccc(N)cc1)c1cccc(N)c1. The fourth-order valence-corrected chi connectivity index (χ4v) is 1.99. The first-order valence-corrected chi connectivity index (χ1v) is 5.85. The van der Waals surface area contributed by atoms with Crippen molar-refractivity contribution in [2.75, 3.05) is 11.5 Å². The van der Waals surface area contributed by atoms with Gasteiger partial charge in [-0.3, -0.25) is 0 Å². The Hall–Kier alpha value is -1.96. The summed E-state index contributed by atoms with van der Waals surface area (Å²) in [6.45, 7) is 2.21. The Morgan fingerprint density at radius 2 is 1.65 bits per heavy atom. The molecule has 0 amide bonds. The Labute approximate surface area is 102 Å². The van der Waals surface area contributed by atoms with Gasteiger partial charge in [0.1, 0.15) is 0 Å². The predicted octanol–water partition coefficient (Wildman–Crippen LogP) is 3.20. The van der Waals surface area contributed by atoms with Crippen LogP contribution in [-0.4, -0.2) is 0 Å². The van der Waals surface area contributed by atoms with Crippen molar-refractivity contribution < 1.29 is 0 Å². The van der Waals surface area contributed by atoms with Gasteiger partial charge in [-0.25, -0.2) is 0 Å². The number of hydrogen-bond donors (Lipinski definition) is 2. The summed E-state index contributed by atoms with van der Waals surface area (Å²) in [5, 5.41) is 0. The van der Waals surface area contributed by atoms with Crippen molar-refractivity contribution in [3.63, 3.8) is 0 Å². The number of benzene rings is 2. The van der Waals surface area contributed by atoms with Crippen molar-refractivity contribution in [1.29, 1.82) is 0 Å². The highest BCUT2D eigenvalue weighted by atomic mass is 14.5. The van der Waals surface area contributed by atoms with Crippen LogP contribution in [0.1, 0.15) is 24.0 Å². The van der Waals surface area contributed by atoms with E-state index >= 15 is 0 Å². The number of rotatable bonds is 3. The maximum Gasteiger partial charge on any atom is 0.0316 e. The molecule has 1 unspecified atom stereocenters. The Kier molecular flexibility index (Phi) is 3.33. The van der Waals surface area contributed by atoms with Gasteiger partial charge in [-0.2, -0.15) is 0 Å². The fraction of sp³-hybridized carbons (Fsp3) is 0.200. The quantitative estimate of drug-likeness (QED) is 0.790. The molecule has 0 saturated heterocycles. The molecule has 2 rings (SSSR count). The number of nitrogens with two attached hydrogens (primary N) is 2. The van der Waals surface area contributed by atoms with Crippen LogP contribution in [0.25, 0.3) is 0 Å². The van der Waals surface area contributed by atoms with E-state index in [9.17, 15) is 0 Å². The molecule has 2 aromatic rings. The molecule has 0 aliphatic rings. The monoisotopic (exact) mass is 226 g/mol. The average Bonchev–Trinajstić information content (AvgIpc) is 2.32. The van der Waals surface area contributed by atoms with E-state index in [2.05, 4.69) is 25.1 Å². The molecule has 2 heteroatoms. The standard InChI is InChI=1S/C15H18N2/c1-11(13-3-2-4-15(17)10-13)9-12-5-7-14(16)8-6-12/h2-8,10-11H,9,16-17H2,1H3. The van der Waals surface area contributed by atoms with E-state index in [0.717, 1.165) is 17.8 Å². The van der Waals surface area contributed by atoms with Crippen LogP contribution in [0, 0.1) is 0 Å². The molecule has 1 atom stereocenters. The van der Waals surface area contributed by atoms with E-state index in [1.165, 1.54) is 11.1 Å². The van der Waals surface area contributed by atoms with Crippen LogP contribution in [0.2, 0.25) is 0 Å². The van der Waals surface area contributed by atoms with E-state index in [0.29, 0.717) is 5.92 Å². The number of anilines is 2. The zero-order chi connectivity index (χ0) is 12.3. The topological polar surface area (TPSA) is 52.0 Å². The number of hydrogen-bond acceptors (Lipinski definition) is 2. The number of nitrogen functional groups attached to an aromatic ring is 2. The Balaban J connectivity index is 2.11. The fourth-order valence-electron chi connectivity index (χ4n) is 1.99. The molecule has 0 heterocycles. The highest BCUT2D eigenvalue weighted by molar-refractivity contribution is 5.43. The normalized spacial score (nSPS) is 12.3. The van der Waals surface area contributed by atoms with E-state index in [1.807, 2.05) is 30.3 Å². The molecule has 0 aliphatic heterocycles. The van der Waals surface area contributed by atoms with Crippen molar-refractivity contribution in [2.45, 2.75) is 19.3 Å². The molecule has 0 aromatic heterocycles. The van der Waals surface area contributed by atoms with Gasteiger partial charge in [0, 0.05) is 11.4 Å². The van der Waals surface area contributed by atoms with E-state index < -0.39 is 0 Å². The molecule has 0 fully saturated rings. The second kappa shape index (κ2) is 4.91. The van der Waals surface area contributed by atoms with Crippen LogP contribution >= 0.6 is 0 Å². The first-order chi connectivity index (χ1) is 8.15. The molecular formula is C15H18N2. The molecule has 88 valence electrons. The highest BCUT2D eigenvalue weighted by Gasteiger charge is 2.06. The smallest absolute Gasteiger partial charge is 0.0316 e. The van der Waals surface area contributed by atoms with Crippen molar-refractivity contribution in [1.82, 2.24) is 0 Å². The van der Waals surface area contributed by atoms with Gasteiger partial charge >= 0.3 is 0 Å². The third kappa shape index (κ3) is 3.00. The lowest BCUT2D eigenvalue weighted by Crippen LogP contribution is -1.99. The zero-order valence-corrected chi connectivity index (χ0v) is 10.1. The zero-order valence-electron chi connectivity index (χ0n) is 10.1. The summed E-state index contributed by atoms with van der Waals surface area (Å²) in [7, 11) is 0. The van der Waals surface area contributed by atoms with Gasteiger partial charge in [0.05, 0.1) is 0 Å². The second-order valence-corrected chi connectivity index (χ2v) is 4.52. The lowest BCUT2D eigenvalue weighted by atomic mass is 9.93. The van der Waals surface area contributed by atoms with Gasteiger partial charge in [0.2, 0.25) is 0 Å². The van der Waals surface area contributed by atoms with Crippen LogP contribution in [0.4, 0.5) is 11.4 Å². The minimum Gasteiger partial charge on any atom is -0.399 e. The summed E-state index contributed by atoms with van der Waals surface area (Å²) in [5.41, 5.74) is 15.7. The van der Waals surface area contributed by atoms with Gasteiger partial charge in [-0.15, -0.1) is 0 Å². The maximum atomic E-state index is 5.79. The molecule has 0 radical (unpaired) electrons. The third-order valence-electron chi connectivity index (χ3n) is 3.00. The average molecular weight is 226 g/mol. The van der Waals surface area contributed by atoms with Crippen molar-refractivity contribution in [2.24, 2.45) is 0 Å². The van der Waals surface area contributed by atoms with Gasteiger partial charge in [-0.1, -0.05) is 31.2 Å². The lowest BCUT2D eigenvalue weighted by Gasteiger charge is -2.12. The molecule has 0 aliphatic carbocycles. The van der Waals surface area contributed by atoms with Gasteiger partial charge < -0.3 is 11.5 Å². The van der Waals surface area contributed by atoms with Gasteiger partial charge in [0.25, 0.3) is 0 Å². The van der Waals surface area contributed by atoms with Crippen LogP contribution in [0.5, 0.6) is 0 Å². The van der Waals surface area contributed by atoms with Crippen LogP contribution in [0.15, 0.2) is 48.5 Å². The first-order valence-electron chi connectivity index (χ1n) is 5.85. The third-order valence-corrected chi connectivity index (χ3v) is 3.00. The largest absolute Gasteiger partial charge is 0.399 e. The minimum atomic E-state index is 0.460. The molecule has 17 heavy (non-hydrogen) atoms. The predicted molar refractivity (Wildman–Crippen MR) is 73.8 cm³/mol. The molecule has 0 saturated carbocycles. The first kappa shape index (κ1) is 11.5. The molecular weight excluding hydrogens is 208 g/mol. The highest BCUT2D eigenvalue weighted by Crippen LogP contribution is 2.22. The summed E-state index contributed by atoms with van der Waals surface area (Å²) in [6, 6.07) is 16.1. The summed E-state index contributed by atoms with van der Waals surface area (Å²) >= 11 is 0. The lowest BCUT2D eigenvalue weighted by molar-refractivity contribution is 0.760. The van der Waals surface area contributed by atoms with Crippen molar-refractivity contribution in [3.8, 4) is 0 Å². The van der Waals surface area contributed by atoms with Gasteiger partial charge in [-0.05, 0) is 47.7 Å². The maximum absolute atomic E-state index is 5.79. The Bertz CT molecular complexity index is 489. The van der Waals surface area contributed by atoms with Crippen molar-refractivity contribution >= 4 is 11.4 Å². The molecule has 0 spiro atoms. The Morgan fingerprint density at radius 3 is 2.29 bits per heavy atom. The summed E-state index contributed by atoms with van der Waals surface area (Å²) in [6.07, 6.45) is 1.00. The second-order valence-electron chi connectivity index (χ2n) is 4.52. The van der Waals surface area contributed by atoms with Crippen molar-refractivity contribution in [3.05, 3.63) is 59.7 Å². The molecule has 0 bridgehead atoms. The summed E-state index contributed by atoms with van der Waals surface area (Å²) in [5.74, 6) is 0.460. The van der Waals surface area contributed by atoms with Crippen LogP contribution in [0.3, 0.4) is 0 Å². The van der Waals surface area contributed by atoms with Crippen LogP contribution in [-0.2, 0) is 6.42 Å². The Morgan fingerprint density at radius 1 is 0.941 bits per heavy atom. The van der Waals surface area contributed by atoms with E-state index in [-0.39, 0.29) is 0 Å². The summed E-state index contributed by atoms with van der Waals surface area (Å²) in [4.78, 5) is 0. The van der Waals surface area contributed by atoms with Crippen LogP contribution < -0.4 is 11.5 Å². The molecule has 4 N–H and O–H groups in total. The minimum absolute atomic E-state index is 0.460. The van der Waals surface area contributed by atoms with E-state index in [1.54, 1.807) is 0 Å². The summed E-state index contributed by atoms with van der Waals surface area (Å²) < 4.78 is 0. The van der Waals surface area contributed by atoms with E-state index in [4.69, 9.17) is 11.5 Å². The molecule has 2 nitrogen and oxygen atoms in total. The van der Waals surface area contributed by atoms with Gasteiger partial charge in [0.15, 0.2) is 0 Å².